The fourth-order valence-corrected chi connectivity index (χ4v) is 2.70. The van der Waals surface area contributed by atoms with E-state index in [0.29, 0.717) is 0 Å². The van der Waals surface area contributed by atoms with Gasteiger partial charge in [0.2, 0.25) is 0 Å². The number of imidazole rings is 1. The van der Waals surface area contributed by atoms with Crippen LogP contribution in [0.3, 0.4) is 0 Å². The Labute approximate surface area is 121 Å². The van der Waals surface area contributed by atoms with E-state index < -0.39 is 0 Å². The van der Waals surface area contributed by atoms with Crippen LogP contribution in [0, 0.1) is 0 Å². The third kappa shape index (κ3) is 1.87. The van der Waals surface area contributed by atoms with Gasteiger partial charge in [0.05, 0.1) is 12.2 Å². The second-order valence-corrected chi connectivity index (χ2v) is 5.28. The number of hydrogen-bond acceptors (Lipinski definition) is 1. The molecule has 4 aromatic rings. The lowest BCUT2D eigenvalue weighted by Crippen LogP contribution is -1.97. The van der Waals surface area contributed by atoms with Gasteiger partial charge in [0.15, 0.2) is 0 Å². The van der Waals surface area contributed by atoms with Crippen LogP contribution in [0.25, 0.3) is 16.6 Å². The summed E-state index contributed by atoms with van der Waals surface area (Å²) in [7, 11) is 0. The minimum atomic E-state index is 0.742. The Balaban J connectivity index is 1.78. The molecule has 0 fully saturated rings. The molecule has 20 heavy (non-hydrogen) atoms. The summed E-state index contributed by atoms with van der Waals surface area (Å²) < 4.78 is 4.21. The van der Waals surface area contributed by atoms with Crippen LogP contribution >= 0.6 is 11.6 Å². The number of benzene rings is 1. The first-order valence-corrected chi connectivity index (χ1v) is 6.84. The van der Waals surface area contributed by atoms with E-state index in [2.05, 4.69) is 28.0 Å². The van der Waals surface area contributed by atoms with Crippen molar-refractivity contribution in [2.75, 3.05) is 0 Å². The SMILES string of the molecule is Clc1ccc2ccn(Cc3cn4ccccc4n3)c2c1. The highest BCUT2D eigenvalue weighted by molar-refractivity contribution is 6.31. The number of rotatable bonds is 2. The van der Waals surface area contributed by atoms with E-state index in [4.69, 9.17) is 11.6 Å². The van der Waals surface area contributed by atoms with Crippen LogP contribution in [0.5, 0.6) is 0 Å². The largest absolute Gasteiger partial charge is 0.341 e. The van der Waals surface area contributed by atoms with Crippen LogP contribution in [0.1, 0.15) is 5.69 Å². The fourth-order valence-electron chi connectivity index (χ4n) is 2.53. The second kappa shape index (κ2) is 4.39. The molecule has 3 heterocycles. The molecule has 0 N–H and O–H groups in total. The van der Waals surface area contributed by atoms with E-state index in [9.17, 15) is 0 Å². The highest BCUT2D eigenvalue weighted by Crippen LogP contribution is 2.21. The molecule has 0 radical (unpaired) electrons. The maximum Gasteiger partial charge on any atom is 0.137 e. The van der Waals surface area contributed by atoms with E-state index in [1.807, 2.05) is 47.0 Å². The van der Waals surface area contributed by atoms with Gasteiger partial charge in [-0.2, -0.15) is 0 Å². The van der Waals surface area contributed by atoms with Crippen molar-refractivity contribution in [3.63, 3.8) is 0 Å². The van der Waals surface area contributed by atoms with Crippen molar-refractivity contribution in [2.45, 2.75) is 6.54 Å². The highest BCUT2D eigenvalue weighted by atomic mass is 35.5. The van der Waals surface area contributed by atoms with E-state index in [1.165, 1.54) is 5.39 Å². The van der Waals surface area contributed by atoms with Gasteiger partial charge in [-0.1, -0.05) is 23.7 Å². The Kier molecular flexibility index (Phi) is 2.54. The topological polar surface area (TPSA) is 22.2 Å². The van der Waals surface area contributed by atoms with Crippen LogP contribution in [-0.2, 0) is 6.54 Å². The predicted molar refractivity (Wildman–Crippen MR) is 81.2 cm³/mol. The van der Waals surface area contributed by atoms with Gasteiger partial charge in [-0.3, -0.25) is 0 Å². The molecule has 0 saturated heterocycles. The highest BCUT2D eigenvalue weighted by Gasteiger charge is 2.05. The van der Waals surface area contributed by atoms with Crippen LogP contribution < -0.4 is 0 Å². The molecule has 3 aromatic heterocycles. The molecule has 0 saturated carbocycles. The van der Waals surface area contributed by atoms with Crippen molar-refractivity contribution in [2.24, 2.45) is 0 Å². The Morgan fingerprint density at radius 3 is 2.90 bits per heavy atom. The normalized spacial score (nSPS) is 11.4. The molecule has 0 atom stereocenters. The molecule has 98 valence electrons. The molecule has 0 aliphatic rings. The van der Waals surface area contributed by atoms with Crippen molar-refractivity contribution >= 4 is 28.2 Å². The first-order chi connectivity index (χ1) is 9.79. The lowest BCUT2D eigenvalue weighted by atomic mass is 10.2. The summed E-state index contributed by atoms with van der Waals surface area (Å²) in [5, 5.41) is 1.95. The van der Waals surface area contributed by atoms with Gasteiger partial charge in [0.1, 0.15) is 5.65 Å². The van der Waals surface area contributed by atoms with Gasteiger partial charge < -0.3 is 8.97 Å². The van der Waals surface area contributed by atoms with Crippen molar-refractivity contribution in [3.8, 4) is 0 Å². The minimum absolute atomic E-state index is 0.742. The second-order valence-electron chi connectivity index (χ2n) is 4.85. The van der Waals surface area contributed by atoms with Crippen molar-refractivity contribution in [1.82, 2.24) is 14.0 Å². The zero-order chi connectivity index (χ0) is 13.5. The van der Waals surface area contributed by atoms with E-state index >= 15 is 0 Å². The summed E-state index contributed by atoms with van der Waals surface area (Å²) in [6.07, 6.45) is 6.15. The van der Waals surface area contributed by atoms with E-state index in [1.54, 1.807) is 0 Å². The monoisotopic (exact) mass is 281 g/mol. The molecule has 0 aliphatic carbocycles. The first kappa shape index (κ1) is 11.6. The molecule has 4 heteroatoms. The lowest BCUT2D eigenvalue weighted by molar-refractivity contribution is 0.815. The van der Waals surface area contributed by atoms with Crippen molar-refractivity contribution in [3.05, 3.63) is 71.8 Å². The maximum absolute atomic E-state index is 6.08. The van der Waals surface area contributed by atoms with Gasteiger partial charge in [-0.15, -0.1) is 0 Å². The smallest absolute Gasteiger partial charge is 0.137 e. The standard InChI is InChI=1S/C16H12ClN3/c17-13-5-4-12-6-8-19(15(12)9-13)10-14-11-20-7-2-1-3-16(20)18-14/h1-9,11H,10H2. The summed E-state index contributed by atoms with van der Waals surface area (Å²) >= 11 is 6.08. The molecule has 1 aromatic carbocycles. The van der Waals surface area contributed by atoms with E-state index in [-0.39, 0.29) is 0 Å². The van der Waals surface area contributed by atoms with Crippen LogP contribution in [0.4, 0.5) is 0 Å². The van der Waals surface area contributed by atoms with Gasteiger partial charge in [0.25, 0.3) is 0 Å². The maximum atomic E-state index is 6.08. The third-order valence-corrected chi connectivity index (χ3v) is 3.72. The third-order valence-electron chi connectivity index (χ3n) is 3.48. The average Bonchev–Trinajstić information content (AvgIpc) is 3.03. The van der Waals surface area contributed by atoms with Crippen LogP contribution in [0.2, 0.25) is 5.02 Å². The van der Waals surface area contributed by atoms with Gasteiger partial charge >= 0.3 is 0 Å². The van der Waals surface area contributed by atoms with Gasteiger partial charge in [0, 0.05) is 29.1 Å². The zero-order valence-corrected chi connectivity index (χ0v) is 11.5. The Morgan fingerprint density at radius 1 is 1.05 bits per heavy atom. The molecule has 0 unspecified atom stereocenters. The number of hydrogen-bond donors (Lipinski definition) is 0. The summed E-state index contributed by atoms with van der Waals surface area (Å²) in [4.78, 5) is 4.63. The number of nitrogens with zero attached hydrogens (tertiary/aromatic N) is 3. The van der Waals surface area contributed by atoms with Crippen LogP contribution in [-0.4, -0.2) is 14.0 Å². The zero-order valence-electron chi connectivity index (χ0n) is 10.7. The number of halogens is 1. The van der Waals surface area contributed by atoms with E-state index in [0.717, 1.165) is 28.4 Å². The predicted octanol–water partition coefficient (Wildman–Crippen LogP) is 3.99. The lowest BCUT2D eigenvalue weighted by Gasteiger charge is -2.02. The quantitative estimate of drug-likeness (QED) is 0.544. The molecular formula is C16H12ClN3. The average molecular weight is 282 g/mol. The molecular weight excluding hydrogens is 270 g/mol. The summed E-state index contributed by atoms with van der Waals surface area (Å²) in [5.41, 5.74) is 3.14. The van der Waals surface area contributed by atoms with Crippen molar-refractivity contribution < 1.29 is 0 Å². The first-order valence-electron chi connectivity index (χ1n) is 6.47. The summed E-state index contributed by atoms with van der Waals surface area (Å²) in [6, 6.07) is 14.1. The Hall–Kier alpha value is -2.26. The minimum Gasteiger partial charge on any atom is -0.341 e. The van der Waals surface area contributed by atoms with Gasteiger partial charge in [-0.25, -0.2) is 4.98 Å². The summed E-state index contributed by atoms with van der Waals surface area (Å²) in [5.74, 6) is 0. The summed E-state index contributed by atoms with van der Waals surface area (Å²) in [6.45, 7) is 0.742. The Morgan fingerprint density at radius 2 is 2.00 bits per heavy atom. The number of aromatic nitrogens is 3. The van der Waals surface area contributed by atoms with Gasteiger partial charge in [-0.05, 0) is 35.7 Å². The molecule has 0 aliphatic heterocycles. The molecule has 3 nitrogen and oxygen atoms in total. The Bertz CT molecular complexity index is 871. The molecule has 0 amide bonds. The molecule has 4 rings (SSSR count). The molecule has 0 spiro atoms. The number of pyridine rings is 1. The fraction of sp³-hybridized carbons (Fsp3) is 0.0625. The number of fused-ring (bicyclic) bond motifs is 2. The molecule has 0 bridgehead atoms. The van der Waals surface area contributed by atoms with Crippen molar-refractivity contribution in [1.29, 1.82) is 0 Å². The van der Waals surface area contributed by atoms with Crippen LogP contribution in [0.15, 0.2) is 61.1 Å².